The predicted octanol–water partition coefficient (Wildman–Crippen LogP) is 1.75. The Morgan fingerprint density at radius 3 is 2.26 bits per heavy atom. The summed E-state index contributed by atoms with van der Waals surface area (Å²) in [4.78, 5) is 8.24. The zero-order chi connectivity index (χ0) is 16.1. The molecule has 23 heavy (non-hydrogen) atoms. The van der Waals surface area contributed by atoms with E-state index in [4.69, 9.17) is 16.2 Å². The molecule has 0 unspecified atom stereocenters. The van der Waals surface area contributed by atoms with Crippen LogP contribution >= 0.6 is 0 Å². The van der Waals surface area contributed by atoms with E-state index < -0.39 is 0 Å². The Hall–Kier alpha value is -3.22. The van der Waals surface area contributed by atoms with Gasteiger partial charge in [0.05, 0.1) is 12.2 Å². The Morgan fingerprint density at radius 1 is 1.04 bits per heavy atom. The maximum Gasteiger partial charge on any atom is 0.195 e. The van der Waals surface area contributed by atoms with Crippen molar-refractivity contribution in [3.05, 3.63) is 48.5 Å². The van der Waals surface area contributed by atoms with E-state index in [1.165, 1.54) is 0 Å². The molecule has 2 aromatic rings. The fraction of sp³-hybridized carbons (Fsp3) is 0.125. The molecule has 0 atom stereocenters. The second-order valence-electron chi connectivity index (χ2n) is 4.94. The second kappa shape index (κ2) is 6.69. The first-order valence-corrected chi connectivity index (χ1v) is 7.22. The zero-order valence-corrected chi connectivity index (χ0v) is 12.5. The molecule has 6 N–H and O–H groups in total. The van der Waals surface area contributed by atoms with Crippen LogP contribution in [0.4, 0.5) is 11.4 Å². The van der Waals surface area contributed by atoms with Gasteiger partial charge in [0.1, 0.15) is 11.5 Å². The van der Waals surface area contributed by atoms with E-state index in [0.29, 0.717) is 11.4 Å². The van der Waals surface area contributed by atoms with Crippen LogP contribution in [0.25, 0.3) is 0 Å². The summed E-state index contributed by atoms with van der Waals surface area (Å²) in [5.74, 6) is 2.28. The molecule has 0 bridgehead atoms. The lowest BCUT2D eigenvalue weighted by Crippen LogP contribution is -2.26. The first-order valence-electron chi connectivity index (χ1n) is 7.22. The van der Waals surface area contributed by atoms with E-state index in [2.05, 4.69) is 20.6 Å². The first kappa shape index (κ1) is 14.7. The molecule has 0 aromatic heterocycles. The zero-order valence-electron chi connectivity index (χ0n) is 12.5. The Morgan fingerprint density at radius 2 is 1.70 bits per heavy atom. The molecule has 0 fully saturated rings. The minimum atomic E-state index is 0.0307. The molecule has 2 aromatic carbocycles. The molecule has 0 saturated heterocycles. The number of hydrogen-bond acceptors (Lipinski definition) is 5. The first-order chi connectivity index (χ1) is 11.2. The van der Waals surface area contributed by atoms with Crippen molar-refractivity contribution in [2.24, 2.45) is 21.5 Å². The number of rotatable bonds is 4. The third kappa shape index (κ3) is 4.13. The standard InChI is InChI=1S/C16H18N6O/c17-15(18)21-11-1-5-13(6-2-11)23-14-7-3-12(4-8-14)22-16-19-9-10-20-16/h1-8H,9-10H2,(H4,17,18,21)(H2,19,20,22). The summed E-state index contributed by atoms with van der Waals surface area (Å²) in [5.41, 5.74) is 12.3. The monoisotopic (exact) mass is 310 g/mol. The summed E-state index contributed by atoms with van der Waals surface area (Å²) in [6.45, 7) is 1.68. The van der Waals surface area contributed by atoms with Gasteiger partial charge in [0.25, 0.3) is 0 Å². The Bertz CT molecular complexity index is 717. The van der Waals surface area contributed by atoms with Gasteiger partial charge in [-0.3, -0.25) is 4.99 Å². The molecule has 3 rings (SSSR count). The number of nitrogens with zero attached hydrogens (tertiary/aromatic N) is 2. The van der Waals surface area contributed by atoms with Crippen molar-refractivity contribution in [1.29, 1.82) is 0 Å². The van der Waals surface area contributed by atoms with Crippen LogP contribution in [-0.2, 0) is 0 Å². The number of hydrogen-bond donors (Lipinski definition) is 4. The van der Waals surface area contributed by atoms with Crippen molar-refractivity contribution in [2.75, 3.05) is 18.4 Å². The molecule has 7 nitrogen and oxygen atoms in total. The maximum absolute atomic E-state index is 5.78. The Labute approximate surface area is 134 Å². The normalized spacial score (nSPS) is 13.0. The minimum Gasteiger partial charge on any atom is -0.457 e. The molecule has 0 radical (unpaired) electrons. The molecule has 1 heterocycles. The van der Waals surface area contributed by atoms with Crippen LogP contribution in [0.15, 0.2) is 58.5 Å². The van der Waals surface area contributed by atoms with E-state index in [9.17, 15) is 0 Å². The molecule has 118 valence electrons. The fourth-order valence-electron chi connectivity index (χ4n) is 2.10. The number of ether oxygens (including phenoxy) is 1. The molecule has 1 aliphatic heterocycles. The molecule has 0 amide bonds. The fourth-order valence-corrected chi connectivity index (χ4v) is 2.10. The van der Waals surface area contributed by atoms with Crippen LogP contribution in [-0.4, -0.2) is 25.0 Å². The van der Waals surface area contributed by atoms with Crippen LogP contribution in [0, 0.1) is 0 Å². The van der Waals surface area contributed by atoms with Gasteiger partial charge in [-0.2, -0.15) is 0 Å². The molecule has 7 heteroatoms. The summed E-state index contributed by atoms with van der Waals surface area (Å²) >= 11 is 0. The van der Waals surface area contributed by atoms with Gasteiger partial charge in [0.15, 0.2) is 11.9 Å². The van der Waals surface area contributed by atoms with E-state index in [1.807, 2.05) is 36.4 Å². The maximum atomic E-state index is 5.78. The van der Waals surface area contributed by atoms with Crippen LogP contribution in [0.2, 0.25) is 0 Å². The molecular weight excluding hydrogens is 292 g/mol. The highest BCUT2D eigenvalue weighted by atomic mass is 16.5. The largest absolute Gasteiger partial charge is 0.457 e. The molecule has 0 saturated carbocycles. The van der Waals surface area contributed by atoms with Gasteiger partial charge in [0, 0.05) is 12.2 Å². The van der Waals surface area contributed by atoms with Gasteiger partial charge in [-0.1, -0.05) is 0 Å². The third-order valence-corrected chi connectivity index (χ3v) is 3.12. The molecule has 0 spiro atoms. The van der Waals surface area contributed by atoms with Crippen molar-refractivity contribution in [2.45, 2.75) is 0 Å². The van der Waals surface area contributed by atoms with Crippen LogP contribution < -0.4 is 26.8 Å². The van der Waals surface area contributed by atoms with E-state index >= 15 is 0 Å². The average Bonchev–Trinajstić information content (AvgIpc) is 3.04. The third-order valence-electron chi connectivity index (χ3n) is 3.12. The number of aliphatic imine (C=N–C) groups is 2. The summed E-state index contributed by atoms with van der Waals surface area (Å²) in [7, 11) is 0. The van der Waals surface area contributed by atoms with Crippen LogP contribution in [0.5, 0.6) is 11.5 Å². The van der Waals surface area contributed by atoms with Crippen LogP contribution in [0.1, 0.15) is 0 Å². The van der Waals surface area contributed by atoms with Crippen molar-refractivity contribution in [1.82, 2.24) is 5.32 Å². The molecule has 1 aliphatic rings. The number of guanidine groups is 2. The topological polar surface area (TPSA) is 110 Å². The lowest BCUT2D eigenvalue weighted by molar-refractivity contribution is 0.483. The molecule has 0 aliphatic carbocycles. The summed E-state index contributed by atoms with van der Waals surface area (Å²) in [6.07, 6.45) is 0. The summed E-state index contributed by atoms with van der Waals surface area (Å²) in [5, 5.41) is 6.36. The summed E-state index contributed by atoms with van der Waals surface area (Å²) in [6, 6.07) is 14.8. The number of anilines is 1. The van der Waals surface area contributed by atoms with Crippen molar-refractivity contribution in [3.8, 4) is 11.5 Å². The van der Waals surface area contributed by atoms with E-state index in [0.717, 1.165) is 30.5 Å². The van der Waals surface area contributed by atoms with Gasteiger partial charge < -0.3 is 26.8 Å². The lowest BCUT2D eigenvalue weighted by atomic mass is 10.3. The van der Waals surface area contributed by atoms with Gasteiger partial charge in [-0.25, -0.2) is 4.99 Å². The highest BCUT2D eigenvalue weighted by Gasteiger charge is 2.05. The Kier molecular flexibility index (Phi) is 4.28. The number of nitrogens with one attached hydrogen (secondary N) is 2. The quantitative estimate of drug-likeness (QED) is 0.508. The highest BCUT2D eigenvalue weighted by molar-refractivity contribution is 5.94. The number of benzene rings is 2. The van der Waals surface area contributed by atoms with Crippen molar-refractivity contribution < 1.29 is 4.74 Å². The average molecular weight is 310 g/mol. The van der Waals surface area contributed by atoms with Gasteiger partial charge >= 0.3 is 0 Å². The summed E-state index contributed by atoms with van der Waals surface area (Å²) < 4.78 is 5.78. The lowest BCUT2D eigenvalue weighted by Gasteiger charge is -2.09. The van der Waals surface area contributed by atoms with Crippen molar-refractivity contribution in [3.63, 3.8) is 0 Å². The second-order valence-corrected chi connectivity index (χ2v) is 4.94. The smallest absolute Gasteiger partial charge is 0.195 e. The Balaban J connectivity index is 1.62. The van der Waals surface area contributed by atoms with Gasteiger partial charge in [-0.15, -0.1) is 0 Å². The van der Waals surface area contributed by atoms with Crippen molar-refractivity contribution >= 4 is 23.3 Å². The van der Waals surface area contributed by atoms with Gasteiger partial charge in [-0.05, 0) is 48.5 Å². The van der Waals surface area contributed by atoms with E-state index in [-0.39, 0.29) is 5.96 Å². The molecular formula is C16H18N6O. The number of nitrogens with two attached hydrogens (primary N) is 2. The van der Waals surface area contributed by atoms with E-state index in [1.54, 1.807) is 12.1 Å². The minimum absolute atomic E-state index is 0.0307. The van der Waals surface area contributed by atoms with Gasteiger partial charge in [0.2, 0.25) is 0 Å². The van der Waals surface area contributed by atoms with Crippen LogP contribution in [0.3, 0.4) is 0 Å². The highest BCUT2D eigenvalue weighted by Crippen LogP contribution is 2.25. The predicted molar refractivity (Wildman–Crippen MR) is 92.4 cm³/mol. The SMILES string of the molecule is NC(N)=Nc1ccc(Oc2ccc(NC3=NCCN3)cc2)cc1.